The Morgan fingerprint density at radius 2 is 2.35 bits per heavy atom. The number of fused-ring (bicyclic) bond motifs is 1. The third-order valence-electron chi connectivity index (χ3n) is 3.12. The second kappa shape index (κ2) is 4.32. The van der Waals surface area contributed by atoms with Crippen molar-refractivity contribution in [3.05, 3.63) is 11.3 Å². The number of β-lactam (4-membered cyclic amide) rings is 1. The molecule has 0 radical (unpaired) electrons. The SMILES string of the molecule is CC1=C(C(=O)O)N2C(=O)C([C@@H](C)ON)C2SC1. The van der Waals surface area contributed by atoms with Gasteiger partial charge in [0.25, 0.3) is 0 Å². The zero-order valence-electron chi connectivity index (χ0n) is 9.54. The van der Waals surface area contributed by atoms with Crippen molar-refractivity contribution < 1.29 is 19.5 Å². The number of carbonyl (C=O) groups excluding carboxylic acids is 1. The fraction of sp³-hybridized carbons (Fsp3) is 0.600. The van der Waals surface area contributed by atoms with Gasteiger partial charge >= 0.3 is 5.97 Å². The van der Waals surface area contributed by atoms with E-state index in [1.165, 1.54) is 4.90 Å². The highest BCUT2D eigenvalue weighted by atomic mass is 32.2. The monoisotopic (exact) mass is 258 g/mol. The second-order valence-corrected chi connectivity index (χ2v) is 5.32. The van der Waals surface area contributed by atoms with Gasteiger partial charge in [-0.05, 0) is 19.4 Å². The molecule has 17 heavy (non-hydrogen) atoms. The summed E-state index contributed by atoms with van der Waals surface area (Å²) in [6.45, 7) is 3.45. The summed E-state index contributed by atoms with van der Waals surface area (Å²) < 4.78 is 0. The lowest BCUT2D eigenvalue weighted by Gasteiger charge is -2.50. The van der Waals surface area contributed by atoms with Crippen LogP contribution in [0.25, 0.3) is 0 Å². The minimum atomic E-state index is -1.05. The van der Waals surface area contributed by atoms with E-state index in [1.807, 2.05) is 0 Å². The van der Waals surface area contributed by atoms with Crippen LogP contribution in [0.3, 0.4) is 0 Å². The molecule has 2 aliphatic rings. The number of nitrogens with zero attached hydrogens (tertiary/aromatic N) is 1. The van der Waals surface area contributed by atoms with Gasteiger partial charge in [-0.25, -0.2) is 10.7 Å². The third kappa shape index (κ3) is 1.74. The summed E-state index contributed by atoms with van der Waals surface area (Å²) in [5, 5.41) is 8.94. The van der Waals surface area contributed by atoms with Crippen LogP contribution in [0.15, 0.2) is 11.3 Å². The number of hydrogen-bond donors (Lipinski definition) is 2. The average Bonchev–Trinajstić information content (AvgIpc) is 2.28. The molecule has 2 unspecified atom stereocenters. The Balaban J connectivity index is 2.27. The first-order chi connectivity index (χ1) is 7.99. The number of amides is 1. The van der Waals surface area contributed by atoms with Gasteiger partial charge in [-0.1, -0.05) is 0 Å². The van der Waals surface area contributed by atoms with Gasteiger partial charge < -0.3 is 9.94 Å². The van der Waals surface area contributed by atoms with Crippen molar-refractivity contribution in [1.82, 2.24) is 4.90 Å². The highest BCUT2D eigenvalue weighted by molar-refractivity contribution is 8.00. The third-order valence-corrected chi connectivity index (χ3v) is 4.57. The van der Waals surface area contributed by atoms with E-state index in [4.69, 9.17) is 11.0 Å². The smallest absolute Gasteiger partial charge is 0.352 e. The van der Waals surface area contributed by atoms with Crippen LogP contribution < -0.4 is 5.90 Å². The van der Waals surface area contributed by atoms with Crippen molar-refractivity contribution >= 4 is 23.6 Å². The predicted molar refractivity (Wildman–Crippen MR) is 61.7 cm³/mol. The van der Waals surface area contributed by atoms with Crippen LogP contribution in [0.2, 0.25) is 0 Å². The first kappa shape index (κ1) is 12.4. The minimum Gasteiger partial charge on any atom is -0.477 e. The van der Waals surface area contributed by atoms with Gasteiger partial charge in [0.05, 0.1) is 17.4 Å². The molecule has 0 aliphatic carbocycles. The number of carbonyl (C=O) groups is 2. The molecule has 0 aromatic heterocycles. The van der Waals surface area contributed by atoms with E-state index in [0.717, 1.165) is 0 Å². The standard InChI is InChI=1S/C10H14N2O4S/c1-4-3-17-9-6(5(2)16-11)8(13)12(9)7(4)10(14)15/h5-6,9H,3,11H2,1-2H3,(H,14,15)/t5-,6?,9?/m1/s1. The molecular formula is C10H14N2O4S. The minimum absolute atomic E-state index is 0.110. The van der Waals surface area contributed by atoms with Crippen LogP contribution in [0, 0.1) is 5.92 Å². The molecule has 1 fully saturated rings. The van der Waals surface area contributed by atoms with Gasteiger partial charge in [0.2, 0.25) is 5.91 Å². The molecule has 94 valence electrons. The van der Waals surface area contributed by atoms with E-state index in [0.29, 0.717) is 11.3 Å². The van der Waals surface area contributed by atoms with Gasteiger partial charge in [-0.3, -0.25) is 9.69 Å². The summed E-state index contributed by atoms with van der Waals surface area (Å²) in [6.07, 6.45) is -0.398. The van der Waals surface area contributed by atoms with Crippen LogP contribution in [0.4, 0.5) is 0 Å². The fourth-order valence-corrected chi connectivity index (χ4v) is 3.65. The molecule has 2 rings (SSSR count). The molecule has 1 amide bonds. The lowest BCUT2D eigenvalue weighted by atomic mass is 9.91. The zero-order chi connectivity index (χ0) is 12.7. The van der Waals surface area contributed by atoms with Crippen molar-refractivity contribution in [2.24, 2.45) is 11.8 Å². The molecule has 0 aromatic carbocycles. The first-order valence-electron chi connectivity index (χ1n) is 5.22. The number of rotatable bonds is 3. The molecule has 0 bridgehead atoms. The summed E-state index contributed by atoms with van der Waals surface area (Å²) in [5.41, 5.74) is 0.825. The number of hydrogen-bond acceptors (Lipinski definition) is 5. The number of aliphatic carboxylic acids is 1. The van der Waals surface area contributed by atoms with Crippen LogP contribution in [0.5, 0.6) is 0 Å². The fourth-order valence-electron chi connectivity index (χ4n) is 2.19. The molecule has 0 spiro atoms. The molecule has 0 saturated carbocycles. The topological polar surface area (TPSA) is 92.9 Å². The lowest BCUT2D eigenvalue weighted by Crippen LogP contribution is -2.64. The second-order valence-electron chi connectivity index (χ2n) is 4.21. The van der Waals surface area contributed by atoms with E-state index in [-0.39, 0.29) is 22.9 Å². The van der Waals surface area contributed by atoms with Crippen LogP contribution in [0.1, 0.15) is 13.8 Å². The van der Waals surface area contributed by atoms with Gasteiger partial charge in [0.15, 0.2) is 0 Å². The van der Waals surface area contributed by atoms with Crippen molar-refractivity contribution in [2.75, 3.05) is 5.75 Å². The number of thioether (sulfide) groups is 1. The van der Waals surface area contributed by atoms with E-state index in [9.17, 15) is 9.59 Å². The Bertz CT molecular complexity index is 409. The molecule has 3 atom stereocenters. The maximum absolute atomic E-state index is 11.9. The first-order valence-corrected chi connectivity index (χ1v) is 6.27. The summed E-state index contributed by atoms with van der Waals surface area (Å²) in [5.74, 6) is 4.06. The van der Waals surface area contributed by atoms with Gasteiger partial charge in [-0.15, -0.1) is 11.8 Å². The molecule has 6 nitrogen and oxygen atoms in total. The van der Waals surface area contributed by atoms with Crippen molar-refractivity contribution in [3.63, 3.8) is 0 Å². The molecule has 0 aromatic rings. The molecule has 1 saturated heterocycles. The van der Waals surface area contributed by atoms with Crippen molar-refractivity contribution in [2.45, 2.75) is 25.3 Å². The molecule has 2 aliphatic heterocycles. The largest absolute Gasteiger partial charge is 0.477 e. The number of carboxylic acids is 1. The number of nitrogens with two attached hydrogens (primary N) is 1. The van der Waals surface area contributed by atoms with E-state index < -0.39 is 12.1 Å². The number of carboxylic acid groups (broad SMARTS) is 1. The predicted octanol–water partition coefficient (Wildman–Crippen LogP) is 0.155. The zero-order valence-corrected chi connectivity index (χ0v) is 10.4. The van der Waals surface area contributed by atoms with Gasteiger partial charge in [0.1, 0.15) is 5.70 Å². The van der Waals surface area contributed by atoms with E-state index in [2.05, 4.69) is 4.84 Å². The Morgan fingerprint density at radius 1 is 1.71 bits per heavy atom. The highest BCUT2D eigenvalue weighted by Crippen LogP contribution is 2.45. The summed E-state index contributed by atoms with van der Waals surface area (Å²) >= 11 is 1.55. The van der Waals surface area contributed by atoms with Crippen LogP contribution in [-0.2, 0) is 14.4 Å². The van der Waals surface area contributed by atoms with Crippen molar-refractivity contribution in [1.29, 1.82) is 0 Å². The Kier molecular flexibility index (Phi) is 3.15. The molecular weight excluding hydrogens is 244 g/mol. The Labute approximate surface area is 103 Å². The lowest BCUT2D eigenvalue weighted by molar-refractivity contribution is -0.160. The summed E-state index contributed by atoms with van der Waals surface area (Å²) in [6, 6.07) is 0. The van der Waals surface area contributed by atoms with Gasteiger partial charge in [-0.2, -0.15) is 0 Å². The van der Waals surface area contributed by atoms with E-state index >= 15 is 0 Å². The van der Waals surface area contributed by atoms with Crippen LogP contribution in [-0.4, -0.2) is 39.1 Å². The maximum atomic E-state index is 11.9. The molecule has 3 N–H and O–H groups in total. The summed E-state index contributed by atoms with van der Waals surface area (Å²) in [4.78, 5) is 29.1. The maximum Gasteiger partial charge on any atom is 0.352 e. The Morgan fingerprint density at radius 3 is 2.88 bits per heavy atom. The molecule has 7 heteroatoms. The normalized spacial score (nSPS) is 29.8. The quantitative estimate of drug-likeness (QED) is 0.553. The van der Waals surface area contributed by atoms with Crippen molar-refractivity contribution in [3.8, 4) is 0 Å². The Hall–Kier alpha value is -1.05. The summed E-state index contributed by atoms with van der Waals surface area (Å²) in [7, 11) is 0. The average molecular weight is 258 g/mol. The highest BCUT2D eigenvalue weighted by Gasteiger charge is 2.55. The molecule has 2 heterocycles. The van der Waals surface area contributed by atoms with E-state index in [1.54, 1.807) is 25.6 Å². The van der Waals surface area contributed by atoms with Crippen LogP contribution >= 0.6 is 11.8 Å². The van der Waals surface area contributed by atoms with Gasteiger partial charge in [0, 0.05) is 5.75 Å².